The number of benzene rings is 2. The summed E-state index contributed by atoms with van der Waals surface area (Å²) in [6.45, 7) is 0.605. The Morgan fingerprint density at radius 1 is 1.24 bits per heavy atom. The summed E-state index contributed by atoms with van der Waals surface area (Å²) in [5.74, 6) is -0.216. The van der Waals surface area contributed by atoms with Gasteiger partial charge in [0.2, 0.25) is 0 Å². The van der Waals surface area contributed by atoms with Crippen LogP contribution in [0.2, 0.25) is 0 Å². The van der Waals surface area contributed by atoms with E-state index in [1.165, 1.54) is 18.2 Å². The van der Waals surface area contributed by atoms with E-state index in [1.54, 1.807) is 11.0 Å². The molecule has 0 spiro atoms. The Morgan fingerprint density at radius 2 is 2.00 bits per heavy atom. The highest BCUT2D eigenvalue weighted by atomic mass is 16.6. The van der Waals surface area contributed by atoms with Gasteiger partial charge >= 0.3 is 0 Å². The molecule has 1 fully saturated rings. The number of aliphatic hydroxyl groups excluding tert-OH is 1. The summed E-state index contributed by atoms with van der Waals surface area (Å²) >= 11 is 0. The number of carbonyl (C=O) groups is 1. The van der Waals surface area contributed by atoms with E-state index in [4.69, 9.17) is 0 Å². The van der Waals surface area contributed by atoms with Crippen LogP contribution in [0.4, 0.5) is 5.69 Å². The van der Waals surface area contributed by atoms with Gasteiger partial charge < -0.3 is 10.0 Å². The second kappa shape index (κ2) is 7.44. The zero-order chi connectivity index (χ0) is 17.8. The van der Waals surface area contributed by atoms with Crippen molar-refractivity contribution in [1.82, 2.24) is 4.90 Å². The molecule has 2 aromatic carbocycles. The number of carbonyl (C=O) groups excluding carboxylic acids is 1. The average molecular weight is 340 g/mol. The Balaban J connectivity index is 1.74. The Labute approximate surface area is 145 Å². The fourth-order valence-electron chi connectivity index (χ4n) is 3.34. The lowest BCUT2D eigenvalue weighted by Gasteiger charge is -2.27. The lowest BCUT2D eigenvalue weighted by molar-refractivity contribution is -0.384. The third-order valence-electron chi connectivity index (χ3n) is 4.62. The topological polar surface area (TPSA) is 83.7 Å². The molecule has 1 heterocycles. The van der Waals surface area contributed by atoms with Crippen LogP contribution in [0.15, 0.2) is 54.6 Å². The SMILES string of the molecule is O=C(c1cccc([N+](=O)[O-])c1)N1CCC[C@H]1C[C@H](O)c1ccccc1. The highest BCUT2D eigenvalue weighted by Gasteiger charge is 2.31. The quantitative estimate of drug-likeness (QED) is 0.668. The summed E-state index contributed by atoms with van der Waals surface area (Å²) in [4.78, 5) is 24.9. The molecule has 6 heteroatoms. The first kappa shape index (κ1) is 17.1. The Hall–Kier alpha value is -2.73. The van der Waals surface area contributed by atoms with Gasteiger partial charge in [-0.3, -0.25) is 14.9 Å². The van der Waals surface area contributed by atoms with Crippen LogP contribution in [-0.4, -0.2) is 33.4 Å². The van der Waals surface area contributed by atoms with Crippen molar-refractivity contribution in [2.45, 2.75) is 31.4 Å². The van der Waals surface area contributed by atoms with Crippen molar-refractivity contribution in [1.29, 1.82) is 0 Å². The van der Waals surface area contributed by atoms with Gasteiger partial charge in [0.05, 0.1) is 11.0 Å². The molecule has 0 bridgehead atoms. The van der Waals surface area contributed by atoms with Gasteiger partial charge in [-0.05, 0) is 30.9 Å². The Morgan fingerprint density at radius 3 is 2.72 bits per heavy atom. The van der Waals surface area contributed by atoms with E-state index in [2.05, 4.69) is 0 Å². The molecular weight excluding hydrogens is 320 g/mol. The van der Waals surface area contributed by atoms with E-state index in [0.717, 1.165) is 18.4 Å². The zero-order valence-corrected chi connectivity index (χ0v) is 13.7. The highest BCUT2D eigenvalue weighted by Crippen LogP contribution is 2.29. The molecule has 1 N–H and O–H groups in total. The Bertz CT molecular complexity index is 763. The minimum absolute atomic E-state index is 0.0676. The first-order valence-electron chi connectivity index (χ1n) is 8.34. The van der Waals surface area contributed by atoms with E-state index in [1.807, 2.05) is 30.3 Å². The molecule has 3 rings (SSSR count). The monoisotopic (exact) mass is 340 g/mol. The number of rotatable bonds is 5. The average Bonchev–Trinajstić information content (AvgIpc) is 3.10. The largest absolute Gasteiger partial charge is 0.388 e. The number of amides is 1. The van der Waals surface area contributed by atoms with Gasteiger partial charge in [0, 0.05) is 30.3 Å². The summed E-state index contributed by atoms with van der Waals surface area (Å²) in [6.07, 6.45) is 1.52. The number of nitro groups is 1. The second-order valence-electron chi connectivity index (χ2n) is 6.26. The van der Waals surface area contributed by atoms with Gasteiger partial charge in [-0.2, -0.15) is 0 Å². The van der Waals surface area contributed by atoms with Crippen molar-refractivity contribution in [3.63, 3.8) is 0 Å². The van der Waals surface area contributed by atoms with Crippen LogP contribution in [-0.2, 0) is 0 Å². The maximum atomic E-state index is 12.8. The molecule has 0 saturated carbocycles. The molecule has 2 atom stereocenters. The van der Waals surface area contributed by atoms with Crippen molar-refractivity contribution in [2.24, 2.45) is 0 Å². The zero-order valence-electron chi connectivity index (χ0n) is 13.7. The minimum Gasteiger partial charge on any atom is -0.388 e. The molecule has 130 valence electrons. The summed E-state index contributed by atoms with van der Waals surface area (Å²) in [6, 6.07) is 15.1. The smallest absolute Gasteiger partial charge is 0.270 e. The van der Waals surface area contributed by atoms with Crippen LogP contribution in [0.3, 0.4) is 0 Å². The normalized spacial score (nSPS) is 18.1. The van der Waals surface area contributed by atoms with Crippen LogP contribution >= 0.6 is 0 Å². The number of nitro benzene ring substituents is 1. The number of hydrogen-bond donors (Lipinski definition) is 1. The second-order valence-corrected chi connectivity index (χ2v) is 6.26. The summed E-state index contributed by atoms with van der Waals surface area (Å²) in [5.41, 5.74) is 1.05. The van der Waals surface area contributed by atoms with Crippen molar-refractivity contribution in [3.8, 4) is 0 Å². The molecule has 0 aliphatic carbocycles. The van der Waals surface area contributed by atoms with Crippen molar-refractivity contribution in [3.05, 3.63) is 75.8 Å². The van der Waals surface area contributed by atoms with Gasteiger partial charge in [-0.25, -0.2) is 0 Å². The number of aliphatic hydroxyl groups is 1. The molecule has 0 unspecified atom stereocenters. The predicted octanol–water partition coefficient (Wildman–Crippen LogP) is 3.32. The van der Waals surface area contributed by atoms with Gasteiger partial charge in [0.15, 0.2) is 0 Å². The lowest BCUT2D eigenvalue weighted by atomic mass is 10.00. The molecule has 25 heavy (non-hydrogen) atoms. The van der Waals surface area contributed by atoms with Crippen molar-refractivity contribution >= 4 is 11.6 Å². The summed E-state index contributed by atoms with van der Waals surface area (Å²) < 4.78 is 0. The third-order valence-corrected chi connectivity index (χ3v) is 4.62. The van der Waals surface area contributed by atoms with E-state index < -0.39 is 11.0 Å². The van der Waals surface area contributed by atoms with Gasteiger partial charge in [-0.1, -0.05) is 36.4 Å². The van der Waals surface area contributed by atoms with Gasteiger partial charge in [0.1, 0.15) is 0 Å². The highest BCUT2D eigenvalue weighted by molar-refractivity contribution is 5.95. The van der Waals surface area contributed by atoms with Crippen molar-refractivity contribution in [2.75, 3.05) is 6.54 Å². The lowest BCUT2D eigenvalue weighted by Crippen LogP contribution is -2.36. The van der Waals surface area contributed by atoms with E-state index in [0.29, 0.717) is 18.5 Å². The van der Waals surface area contributed by atoms with Gasteiger partial charge in [-0.15, -0.1) is 0 Å². The third kappa shape index (κ3) is 3.85. The van der Waals surface area contributed by atoms with Crippen LogP contribution in [0.25, 0.3) is 0 Å². The van der Waals surface area contributed by atoms with Crippen LogP contribution in [0, 0.1) is 10.1 Å². The molecule has 1 aliphatic rings. The molecule has 1 aliphatic heterocycles. The van der Waals surface area contributed by atoms with E-state index >= 15 is 0 Å². The van der Waals surface area contributed by atoms with Gasteiger partial charge in [0.25, 0.3) is 11.6 Å². The number of nitrogens with zero attached hydrogens (tertiary/aromatic N) is 2. The number of hydrogen-bond acceptors (Lipinski definition) is 4. The number of likely N-dealkylation sites (tertiary alicyclic amines) is 1. The first-order chi connectivity index (χ1) is 12.1. The molecule has 1 amide bonds. The maximum absolute atomic E-state index is 12.8. The van der Waals surface area contributed by atoms with E-state index in [-0.39, 0.29) is 17.6 Å². The minimum atomic E-state index is -0.635. The molecule has 1 saturated heterocycles. The summed E-state index contributed by atoms with van der Waals surface area (Å²) in [5, 5.41) is 21.4. The Kier molecular flexibility index (Phi) is 5.09. The molecule has 0 radical (unpaired) electrons. The molecule has 0 aromatic heterocycles. The fraction of sp³-hybridized carbons (Fsp3) is 0.316. The molecular formula is C19H20N2O4. The molecule has 6 nitrogen and oxygen atoms in total. The van der Waals surface area contributed by atoms with Crippen LogP contribution < -0.4 is 0 Å². The fourth-order valence-corrected chi connectivity index (χ4v) is 3.34. The van der Waals surface area contributed by atoms with Crippen LogP contribution in [0.5, 0.6) is 0 Å². The number of non-ortho nitro benzene ring substituents is 1. The standard InChI is InChI=1S/C19H20N2O4/c22-18(14-6-2-1-3-7-14)13-16-10-5-11-20(16)19(23)15-8-4-9-17(12-15)21(24)25/h1-4,6-9,12,16,18,22H,5,10-11,13H2/t16-,18-/m0/s1. The maximum Gasteiger partial charge on any atom is 0.270 e. The first-order valence-corrected chi connectivity index (χ1v) is 8.34. The predicted molar refractivity (Wildman–Crippen MR) is 93.2 cm³/mol. The summed E-state index contributed by atoms with van der Waals surface area (Å²) in [7, 11) is 0. The van der Waals surface area contributed by atoms with E-state index in [9.17, 15) is 20.0 Å². The van der Waals surface area contributed by atoms with Crippen molar-refractivity contribution < 1.29 is 14.8 Å². The molecule has 2 aromatic rings. The van der Waals surface area contributed by atoms with Crippen LogP contribution in [0.1, 0.15) is 41.3 Å².